The lowest BCUT2D eigenvalue weighted by Gasteiger charge is -2.07. The first-order valence-corrected chi connectivity index (χ1v) is 9.93. The van der Waals surface area contributed by atoms with E-state index in [1.54, 1.807) is 31.2 Å². The van der Waals surface area contributed by atoms with E-state index in [1.165, 1.54) is 24.3 Å². The third-order valence-electron chi connectivity index (χ3n) is 2.95. The Hall–Kier alpha value is -1.17. The molecule has 8 heteroatoms. The van der Waals surface area contributed by atoms with Gasteiger partial charge in [-0.25, -0.2) is 0 Å². The van der Waals surface area contributed by atoms with Crippen molar-refractivity contribution >= 4 is 35.1 Å². The van der Waals surface area contributed by atoms with Gasteiger partial charge in [0.25, 0.3) is 10.1 Å². The summed E-state index contributed by atoms with van der Waals surface area (Å²) in [5, 5.41) is 1.03. The molecule has 0 bridgehead atoms. The highest BCUT2D eigenvalue weighted by Crippen LogP contribution is 2.22. The van der Waals surface area contributed by atoms with E-state index >= 15 is 0 Å². The molecule has 124 valence electrons. The molecule has 2 aromatic rings. The molecule has 0 aliphatic carbocycles. The lowest BCUT2D eigenvalue weighted by atomic mass is 10.2. The Labute approximate surface area is 141 Å². The molecule has 2 rings (SSSR count). The van der Waals surface area contributed by atoms with Crippen LogP contribution in [0.3, 0.4) is 0 Å². The molecule has 0 heterocycles. The maximum atomic E-state index is 12.0. The molecule has 0 aliphatic heterocycles. The van der Waals surface area contributed by atoms with Crippen LogP contribution in [-0.2, 0) is 30.0 Å². The van der Waals surface area contributed by atoms with Gasteiger partial charge in [0.1, 0.15) is 0 Å². The van der Waals surface area contributed by atoms with Gasteiger partial charge in [-0.2, -0.15) is 8.42 Å². The molecule has 1 unspecified atom stereocenters. The van der Waals surface area contributed by atoms with Crippen molar-refractivity contribution in [1.29, 1.82) is 0 Å². The van der Waals surface area contributed by atoms with Gasteiger partial charge < -0.3 is 4.52 Å². The highest BCUT2D eigenvalue weighted by molar-refractivity contribution is 7.86. The molecule has 2 aromatic carbocycles. The lowest BCUT2D eigenvalue weighted by molar-refractivity contribution is 0.308. The van der Waals surface area contributed by atoms with Crippen molar-refractivity contribution in [2.45, 2.75) is 18.4 Å². The normalized spacial score (nSPS) is 13.0. The molecule has 0 radical (unpaired) electrons. The number of rotatable bonds is 7. The molecule has 0 spiro atoms. The Morgan fingerprint density at radius 3 is 2.22 bits per heavy atom. The van der Waals surface area contributed by atoms with E-state index in [2.05, 4.69) is 0 Å². The first-order valence-electron chi connectivity index (χ1n) is 6.83. The van der Waals surface area contributed by atoms with Crippen molar-refractivity contribution in [3.05, 3.63) is 59.1 Å². The quantitative estimate of drug-likeness (QED) is 0.549. The summed E-state index contributed by atoms with van der Waals surface area (Å²) in [6.45, 7) is 2.04. The van der Waals surface area contributed by atoms with Crippen molar-refractivity contribution < 1.29 is 21.7 Å². The van der Waals surface area contributed by atoms with E-state index < -0.39 is 18.1 Å². The number of hydrogen-bond acceptors (Lipinski definition) is 5. The number of halogens is 1. The van der Waals surface area contributed by atoms with Crippen LogP contribution in [0.25, 0.3) is 0 Å². The van der Waals surface area contributed by atoms with Gasteiger partial charge in [-0.05, 0) is 48.9 Å². The topological polar surface area (TPSA) is 69.7 Å². The molecular formula is C15H16ClO5PS. The second-order valence-corrected chi connectivity index (χ2v) is 8.08. The summed E-state index contributed by atoms with van der Waals surface area (Å²) in [4.78, 5) is 0.0416. The van der Waals surface area contributed by atoms with E-state index in [4.69, 9.17) is 20.3 Å². The van der Waals surface area contributed by atoms with Crippen LogP contribution in [0.4, 0.5) is 0 Å². The standard InChI is InChI=1S/C15H16ClO5PS/c1-2-20-22(17)14-7-3-12(4-8-14)11-21-23(18,19)15-9-5-13(16)6-10-15/h3-10,22H,2,11H2,1H3. The summed E-state index contributed by atoms with van der Waals surface area (Å²) in [5.74, 6) is 0. The third-order valence-corrected chi connectivity index (χ3v) is 5.83. The first-order chi connectivity index (χ1) is 10.9. The lowest BCUT2D eigenvalue weighted by Crippen LogP contribution is -2.07. The van der Waals surface area contributed by atoms with Crippen LogP contribution in [0.15, 0.2) is 53.4 Å². The minimum Gasteiger partial charge on any atom is -0.328 e. The zero-order chi connectivity index (χ0) is 16.9. The Morgan fingerprint density at radius 1 is 1.04 bits per heavy atom. The average molecular weight is 375 g/mol. The number of hydrogen-bond donors (Lipinski definition) is 0. The predicted molar refractivity (Wildman–Crippen MR) is 90.1 cm³/mol. The zero-order valence-electron chi connectivity index (χ0n) is 12.4. The Kier molecular flexibility index (Phi) is 6.39. The van der Waals surface area contributed by atoms with Crippen LogP contribution in [-0.4, -0.2) is 15.0 Å². The van der Waals surface area contributed by atoms with Gasteiger partial charge in [-0.1, -0.05) is 23.7 Å². The highest BCUT2D eigenvalue weighted by Gasteiger charge is 2.15. The minimum atomic E-state index is -3.85. The van der Waals surface area contributed by atoms with E-state index in [1.807, 2.05) is 0 Å². The summed E-state index contributed by atoms with van der Waals surface area (Å²) >= 11 is 5.73. The van der Waals surface area contributed by atoms with Gasteiger partial charge >= 0.3 is 0 Å². The summed E-state index contributed by atoms with van der Waals surface area (Å²) in [6.07, 6.45) is 0. The molecule has 0 fully saturated rings. The fraction of sp³-hybridized carbons (Fsp3) is 0.200. The molecule has 0 saturated carbocycles. The van der Waals surface area contributed by atoms with Crippen LogP contribution in [0.2, 0.25) is 5.02 Å². The third kappa shape index (κ3) is 5.16. The highest BCUT2D eigenvalue weighted by atomic mass is 35.5. The van der Waals surface area contributed by atoms with E-state index in [0.717, 1.165) is 0 Å². The monoisotopic (exact) mass is 374 g/mol. The van der Waals surface area contributed by atoms with Gasteiger partial charge in [0.05, 0.1) is 18.1 Å². The first kappa shape index (κ1) is 18.2. The van der Waals surface area contributed by atoms with E-state index in [9.17, 15) is 13.0 Å². The van der Waals surface area contributed by atoms with E-state index in [0.29, 0.717) is 22.5 Å². The smallest absolute Gasteiger partial charge is 0.297 e. The maximum Gasteiger partial charge on any atom is 0.297 e. The van der Waals surface area contributed by atoms with Crippen LogP contribution < -0.4 is 5.30 Å². The largest absolute Gasteiger partial charge is 0.328 e. The summed E-state index contributed by atoms with van der Waals surface area (Å²) in [6, 6.07) is 12.3. The second kappa shape index (κ2) is 8.08. The summed E-state index contributed by atoms with van der Waals surface area (Å²) in [7, 11) is -6.09. The fourth-order valence-electron chi connectivity index (χ4n) is 1.77. The van der Waals surface area contributed by atoms with Gasteiger partial charge in [-0.3, -0.25) is 8.75 Å². The molecule has 5 nitrogen and oxygen atoms in total. The zero-order valence-corrected chi connectivity index (χ0v) is 14.9. The van der Waals surface area contributed by atoms with Gasteiger partial charge in [0, 0.05) is 10.3 Å². The summed E-state index contributed by atoms with van der Waals surface area (Å²) in [5.41, 5.74) is 0.651. The second-order valence-electron chi connectivity index (χ2n) is 4.59. The molecule has 0 amide bonds. The molecule has 23 heavy (non-hydrogen) atoms. The average Bonchev–Trinajstić information content (AvgIpc) is 2.54. The van der Waals surface area contributed by atoms with E-state index in [-0.39, 0.29) is 11.5 Å². The molecule has 0 N–H and O–H groups in total. The Balaban J connectivity index is 2.02. The van der Waals surface area contributed by atoms with Crippen molar-refractivity contribution in [2.75, 3.05) is 6.61 Å². The molecule has 1 atom stereocenters. The molecular weight excluding hydrogens is 359 g/mol. The fourth-order valence-corrected chi connectivity index (χ4v) is 3.66. The molecule has 0 aliphatic rings. The SMILES string of the molecule is CCO[PH](=O)c1ccc(COS(=O)(=O)c2ccc(Cl)cc2)cc1. The number of benzene rings is 2. The van der Waals surface area contributed by atoms with Gasteiger partial charge in [0.2, 0.25) is 8.03 Å². The Morgan fingerprint density at radius 2 is 1.65 bits per heavy atom. The minimum absolute atomic E-state index is 0.0416. The maximum absolute atomic E-state index is 12.0. The van der Waals surface area contributed by atoms with Crippen LogP contribution in [0.5, 0.6) is 0 Å². The van der Waals surface area contributed by atoms with Crippen LogP contribution in [0, 0.1) is 0 Å². The van der Waals surface area contributed by atoms with Gasteiger partial charge in [0.15, 0.2) is 0 Å². The van der Waals surface area contributed by atoms with Gasteiger partial charge in [-0.15, -0.1) is 0 Å². The Bertz CT molecular complexity index is 773. The summed E-state index contributed by atoms with van der Waals surface area (Å²) < 4.78 is 45.9. The van der Waals surface area contributed by atoms with Crippen molar-refractivity contribution in [1.82, 2.24) is 0 Å². The van der Waals surface area contributed by atoms with Crippen LogP contribution >= 0.6 is 19.6 Å². The predicted octanol–water partition coefficient (Wildman–Crippen LogP) is 3.38. The van der Waals surface area contributed by atoms with Crippen molar-refractivity contribution in [3.8, 4) is 0 Å². The van der Waals surface area contributed by atoms with Crippen LogP contribution in [0.1, 0.15) is 12.5 Å². The molecule has 0 aromatic heterocycles. The van der Waals surface area contributed by atoms with Crippen molar-refractivity contribution in [2.24, 2.45) is 0 Å². The van der Waals surface area contributed by atoms with Crippen molar-refractivity contribution in [3.63, 3.8) is 0 Å². The molecule has 0 saturated heterocycles.